The fourth-order valence-electron chi connectivity index (χ4n) is 2.11. The molecule has 106 valence electrons. The molecule has 0 bridgehead atoms. The molecule has 1 unspecified atom stereocenters. The van der Waals surface area contributed by atoms with Gasteiger partial charge in [0.15, 0.2) is 0 Å². The summed E-state index contributed by atoms with van der Waals surface area (Å²) in [4.78, 5) is 0. The van der Waals surface area contributed by atoms with Gasteiger partial charge in [-0.1, -0.05) is 18.2 Å². The van der Waals surface area contributed by atoms with Crippen molar-refractivity contribution in [1.82, 2.24) is 5.32 Å². The summed E-state index contributed by atoms with van der Waals surface area (Å²) in [5.74, 6) is 0.967. The van der Waals surface area contributed by atoms with Crippen LogP contribution in [0.1, 0.15) is 39.2 Å². The molecule has 1 aliphatic heterocycles. The number of nitrogens with one attached hydrogen (secondary N) is 1. The smallest absolute Gasteiger partial charge is 0.123 e. The molecule has 19 heavy (non-hydrogen) atoms. The second-order valence-electron chi connectivity index (χ2n) is 6.16. The maximum Gasteiger partial charge on any atom is 0.123 e. The first-order chi connectivity index (χ1) is 9.04. The van der Waals surface area contributed by atoms with Gasteiger partial charge in [0, 0.05) is 24.3 Å². The molecule has 2 rings (SSSR count). The Morgan fingerprint density at radius 2 is 2.11 bits per heavy atom. The van der Waals surface area contributed by atoms with Crippen LogP contribution in [-0.2, 0) is 11.3 Å². The zero-order valence-corrected chi connectivity index (χ0v) is 12.2. The van der Waals surface area contributed by atoms with E-state index >= 15 is 0 Å². The third-order valence-electron chi connectivity index (χ3n) is 3.23. The third-order valence-corrected chi connectivity index (χ3v) is 3.23. The molecule has 1 aromatic rings. The quantitative estimate of drug-likeness (QED) is 0.885. The number of rotatable bonds is 5. The summed E-state index contributed by atoms with van der Waals surface area (Å²) < 4.78 is 11.5. The molecule has 3 heteroatoms. The van der Waals surface area contributed by atoms with E-state index in [-0.39, 0.29) is 11.6 Å². The van der Waals surface area contributed by atoms with Crippen molar-refractivity contribution in [3.05, 3.63) is 29.8 Å². The Hall–Kier alpha value is -1.06. The molecule has 1 fully saturated rings. The van der Waals surface area contributed by atoms with Crippen molar-refractivity contribution >= 4 is 0 Å². The lowest BCUT2D eigenvalue weighted by molar-refractivity contribution is 0.0675. The molecule has 1 atom stereocenters. The van der Waals surface area contributed by atoms with Crippen molar-refractivity contribution < 1.29 is 9.47 Å². The zero-order valence-electron chi connectivity index (χ0n) is 12.2. The van der Waals surface area contributed by atoms with Crippen LogP contribution in [0.4, 0.5) is 0 Å². The predicted molar refractivity (Wildman–Crippen MR) is 77.5 cm³/mol. The minimum atomic E-state index is 0.113. The van der Waals surface area contributed by atoms with Gasteiger partial charge in [0.2, 0.25) is 0 Å². The first-order valence-corrected chi connectivity index (χ1v) is 7.12. The van der Waals surface area contributed by atoms with E-state index < -0.39 is 0 Å². The Morgan fingerprint density at radius 1 is 1.32 bits per heavy atom. The average Bonchev–Trinajstić information content (AvgIpc) is 2.87. The minimum absolute atomic E-state index is 0.113. The highest BCUT2D eigenvalue weighted by Crippen LogP contribution is 2.20. The van der Waals surface area contributed by atoms with E-state index in [1.54, 1.807) is 0 Å². The van der Waals surface area contributed by atoms with Gasteiger partial charge in [-0.3, -0.25) is 0 Å². The van der Waals surface area contributed by atoms with Crippen molar-refractivity contribution in [3.63, 3.8) is 0 Å². The average molecular weight is 263 g/mol. The SMILES string of the molecule is CC(C)(C)NCc1ccccc1OCC1CCCO1. The molecule has 1 aromatic carbocycles. The lowest BCUT2D eigenvalue weighted by Crippen LogP contribution is -2.35. The summed E-state index contributed by atoms with van der Waals surface area (Å²) in [5, 5.41) is 3.50. The molecule has 0 radical (unpaired) electrons. The third kappa shape index (κ3) is 4.84. The molecule has 0 aliphatic carbocycles. The number of hydrogen-bond donors (Lipinski definition) is 1. The van der Waals surface area contributed by atoms with Gasteiger partial charge in [-0.2, -0.15) is 0 Å². The second-order valence-corrected chi connectivity index (χ2v) is 6.16. The first kappa shape index (κ1) is 14.4. The van der Waals surface area contributed by atoms with Gasteiger partial charge in [0.1, 0.15) is 12.4 Å². The van der Waals surface area contributed by atoms with Gasteiger partial charge in [-0.05, 0) is 39.7 Å². The van der Waals surface area contributed by atoms with Crippen LogP contribution in [-0.4, -0.2) is 24.9 Å². The van der Waals surface area contributed by atoms with Crippen molar-refractivity contribution in [2.45, 2.75) is 51.8 Å². The summed E-state index contributed by atoms with van der Waals surface area (Å²) >= 11 is 0. The lowest BCUT2D eigenvalue weighted by Gasteiger charge is -2.22. The van der Waals surface area contributed by atoms with Crippen molar-refractivity contribution in [2.24, 2.45) is 0 Å². The molecule has 0 spiro atoms. The molecule has 0 saturated carbocycles. The fraction of sp³-hybridized carbons (Fsp3) is 0.625. The molecule has 1 saturated heterocycles. The Bertz CT molecular complexity index is 392. The molecule has 1 aliphatic rings. The Labute approximate surface area is 116 Å². The Kier molecular flexibility index (Phi) is 4.83. The van der Waals surface area contributed by atoms with E-state index in [1.807, 2.05) is 12.1 Å². The van der Waals surface area contributed by atoms with Crippen LogP contribution in [0.2, 0.25) is 0 Å². The minimum Gasteiger partial charge on any atom is -0.491 e. The Balaban J connectivity index is 1.91. The molecule has 1 N–H and O–H groups in total. The van der Waals surface area contributed by atoms with Crippen LogP contribution < -0.4 is 10.1 Å². The summed E-state index contributed by atoms with van der Waals surface area (Å²) in [6.07, 6.45) is 2.53. The van der Waals surface area contributed by atoms with Gasteiger partial charge in [-0.25, -0.2) is 0 Å². The second kappa shape index (κ2) is 6.40. The highest BCUT2D eigenvalue weighted by Gasteiger charge is 2.17. The summed E-state index contributed by atoms with van der Waals surface area (Å²) in [6.45, 7) is 8.87. The van der Waals surface area contributed by atoms with Crippen LogP contribution in [0, 0.1) is 0 Å². The van der Waals surface area contributed by atoms with Crippen LogP contribution >= 0.6 is 0 Å². The lowest BCUT2D eigenvalue weighted by atomic mass is 10.1. The van der Waals surface area contributed by atoms with Crippen molar-refractivity contribution in [3.8, 4) is 5.75 Å². The van der Waals surface area contributed by atoms with E-state index in [0.717, 1.165) is 31.7 Å². The van der Waals surface area contributed by atoms with E-state index in [2.05, 4.69) is 38.2 Å². The largest absolute Gasteiger partial charge is 0.491 e. The first-order valence-electron chi connectivity index (χ1n) is 7.12. The van der Waals surface area contributed by atoms with Crippen molar-refractivity contribution in [1.29, 1.82) is 0 Å². The topological polar surface area (TPSA) is 30.5 Å². The van der Waals surface area contributed by atoms with Gasteiger partial charge >= 0.3 is 0 Å². The molecule has 1 heterocycles. The molecule has 0 amide bonds. The van der Waals surface area contributed by atoms with Crippen LogP contribution in [0.25, 0.3) is 0 Å². The van der Waals surface area contributed by atoms with Gasteiger partial charge in [-0.15, -0.1) is 0 Å². The standard InChI is InChI=1S/C16H25NO2/c1-16(2,3)17-11-13-7-4-5-9-15(13)19-12-14-8-6-10-18-14/h4-5,7,9,14,17H,6,8,10-12H2,1-3H3. The molecular formula is C16H25NO2. The maximum absolute atomic E-state index is 5.92. The number of para-hydroxylation sites is 1. The number of hydrogen-bond acceptors (Lipinski definition) is 3. The highest BCUT2D eigenvalue weighted by atomic mass is 16.5. The molecule has 0 aromatic heterocycles. The van der Waals surface area contributed by atoms with E-state index in [4.69, 9.17) is 9.47 Å². The molecular weight excluding hydrogens is 238 g/mol. The maximum atomic E-state index is 5.92. The van der Waals surface area contributed by atoms with E-state index in [1.165, 1.54) is 5.56 Å². The number of ether oxygens (including phenoxy) is 2. The van der Waals surface area contributed by atoms with E-state index in [9.17, 15) is 0 Å². The van der Waals surface area contributed by atoms with Gasteiger partial charge < -0.3 is 14.8 Å². The van der Waals surface area contributed by atoms with Crippen LogP contribution in [0.5, 0.6) is 5.75 Å². The predicted octanol–water partition coefficient (Wildman–Crippen LogP) is 3.13. The zero-order chi connectivity index (χ0) is 13.7. The number of benzene rings is 1. The van der Waals surface area contributed by atoms with E-state index in [0.29, 0.717) is 6.61 Å². The monoisotopic (exact) mass is 263 g/mol. The van der Waals surface area contributed by atoms with Crippen molar-refractivity contribution in [2.75, 3.05) is 13.2 Å². The van der Waals surface area contributed by atoms with Gasteiger partial charge in [0.25, 0.3) is 0 Å². The normalized spacial score (nSPS) is 19.6. The molecule has 3 nitrogen and oxygen atoms in total. The summed E-state index contributed by atoms with van der Waals surface area (Å²) in [7, 11) is 0. The highest BCUT2D eigenvalue weighted by molar-refractivity contribution is 5.33. The van der Waals surface area contributed by atoms with Crippen LogP contribution in [0.3, 0.4) is 0 Å². The van der Waals surface area contributed by atoms with Crippen LogP contribution in [0.15, 0.2) is 24.3 Å². The summed E-state index contributed by atoms with van der Waals surface area (Å²) in [5.41, 5.74) is 1.32. The van der Waals surface area contributed by atoms with Gasteiger partial charge in [0.05, 0.1) is 6.10 Å². The summed E-state index contributed by atoms with van der Waals surface area (Å²) in [6, 6.07) is 8.22. The Morgan fingerprint density at radius 3 is 2.79 bits per heavy atom. The fourth-order valence-corrected chi connectivity index (χ4v) is 2.11.